The van der Waals surface area contributed by atoms with E-state index in [1.54, 1.807) is 0 Å². The second-order valence-electron chi connectivity index (χ2n) is 8.55. The molecule has 30 heavy (non-hydrogen) atoms. The van der Waals surface area contributed by atoms with Crippen LogP contribution >= 0.6 is 0 Å². The maximum Gasteiger partial charge on any atom is 0.231 e. The second-order valence-corrected chi connectivity index (χ2v) is 8.55. The summed E-state index contributed by atoms with van der Waals surface area (Å²) < 4.78 is 11.1. The Morgan fingerprint density at radius 1 is 1.07 bits per heavy atom. The number of nitrogens with zero attached hydrogens (tertiary/aromatic N) is 1. The Labute approximate surface area is 178 Å². The summed E-state index contributed by atoms with van der Waals surface area (Å²) in [6.45, 7) is 9.09. The molecule has 2 heterocycles. The molecule has 6 heteroatoms. The molecule has 1 fully saturated rings. The monoisotopic (exact) mass is 410 g/mol. The van der Waals surface area contributed by atoms with Gasteiger partial charge in [-0.3, -0.25) is 4.79 Å². The Hall–Kier alpha value is -2.73. The molecule has 0 radical (unpaired) electrons. The minimum atomic E-state index is 0.123. The van der Waals surface area contributed by atoms with Gasteiger partial charge in [-0.1, -0.05) is 32.0 Å². The van der Waals surface area contributed by atoms with Gasteiger partial charge in [0.1, 0.15) is 6.04 Å². The van der Waals surface area contributed by atoms with E-state index < -0.39 is 0 Å². The molecule has 2 aromatic carbocycles. The van der Waals surface area contributed by atoms with Crippen molar-refractivity contribution in [1.29, 1.82) is 0 Å². The van der Waals surface area contributed by atoms with Crippen LogP contribution in [0.2, 0.25) is 0 Å². The number of rotatable bonds is 7. The van der Waals surface area contributed by atoms with Gasteiger partial charge >= 0.3 is 0 Å². The Morgan fingerprint density at radius 3 is 2.53 bits per heavy atom. The fourth-order valence-corrected chi connectivity index (χ4v) is 4.33. The summed E-state index contributed by atoms with van der Waals surface area (Å²) in [6, 6.07) is 17.0. The Balaban J connectivity index is 1.47. The summed E-state index contributed by atoms with van der Waals surface area (Å²) in [7, 11) is 0. The zero-order chi connectivity index (χ0) is 20.9. The third kappa shape index (κ3) is 4.87. The number of benzene rings is 2. The summed E-state index contributed by atoms with van der Waals surface area (Å²) >= 11 is 0. The molecular formula is C24H32N3O3+. The number of quaternary nitrogens is 1. The Morgan fingerprint density at radius 2 is 1.80 bits per heavy atom. The summed E-state index contributed by atoms with van der Waals surface area (Å²) in [5, 5.41) is 3.18. The van der Waals surface area contributed by atoms with Crippen molar-refractivity contribution in [2.75, 3.05) is 44.4 Å². The molecule has 0 saturated carbocycles. The molecule has 0 aromatic heterocycles. The number of hydrogen-bond donors (Lipinski definition) is 2. The van der Waals surface area contributed by atoms with Crippen molar-refractivity contribution in [3.63, 3.8) is 0 Å². The molecule has 4 rings (SSSR count). The van der Waals surface area contributed by atoms with Crippen molar-refractivity contribution in [2.24, 2.45) is 5.92 Å². The number of anilines is 1. The summed E-state index contributed by atoms with van der Waals surface area (Å²) in [4.78, 5) is 16.3. The van der Waals surface area contributed by atoms with Crippen LogP contribution in [-0.4, -0.2) is 45.4 Å². The topological polar surface area (TPSA) is 55.2 Å². The number of carbonyl (C=O) groups excluding carboxylic acids is 1. The van der Waals surface area contributed by atoms with E-state index in [-0.39, 0.29) is 18.7 Å². The molecule has 2 aromatic rings. The molecule has 160 valence electrons. The van der Waals surface area contributed by atoms with Gasteiger partial charge in [-0.15, -0.1) is 0 Å². The van der Waals surface area contributed by atoms with Crippen molar-refractivity contribution in [3.05, 3.63) is 54.1 Å². The van der Waals surface area contributed by atoms with E-state index in [1.165, 1.54) is 16.2 Å². The van der Waals surface area contributed by atoms with Crippen LogP contribution in [0, 0.1) is 5.92 Å². The van der Waals surface area contributed by atoms with E-state index in [0.717, 1.165) is 37.7 Å². The van der Waals surface area contributed by atoms with Crippen LogP contribution in [0.3, 0.4) is 0 Å². The molecule has 0 unspecified atom stereocenters. The molecule has 2 aliphatic rings. The third-order valence-electron chi connectivity index (χ3n) is 5.92. The second kappa shape index (κ2) is 9.39. The smallest absolute Gasteiger partial charge is 0.231 e. The predicted molar refractivity (Wildman–Crippen MR) is 117 cm³/mol. The number of fused-ring (bicyclic) bond motifs is 1. The minimum absolute atomic E-state index is 0.123. The van der Waals surface area contributed by atoms with Gasteiger partial charge in [-0.05, 0) is 36.2 Å². The van der Waals surface area contributed by atoms with Crippen LogP contribution in [-0.2, 0) is 4.79 Å². The Bertz CT molecular complexity index is 848. The van der Waals surface area contributed by atoms with E-state index in [2.05, 4.69) is 66.5 Å². The maximum atomic E-state index is 12.3. The normalized spacial score (nSPS) is 17.2. The van der Waals surface area contributed by atoms with Crippen LogP contribution in [0.25, 0.3) is 0 Å². The summed E-state index contributed by atoms with van der Waals surface area (Å²) in [6.07, 6.45) is 0.560. The molecule has 1 amide bonds. The number of nitrogens with one attached hydrogen (secondary N) is 2. The lowest BCUT2D eigenvalue weighted by Gasteiger charge is -2.38. The molecular weight excluding hydrogens is 378 g/mol. The van der Waals surface area contributed by atoms with Crippen molar-refractivity contribution in [2.45, 2.75) is 26.3 Å². The molecule has 0 aliphatic carbocycles. The number of para-hydroxylation sites is 1. The van der Waals surface area contributed by atoms with Crippen molar-refractivity contribution < 1.29 is 19.2 Å². The standard InChI is InChI=1S/C24H31N3O3/c1-18(2)14-24(28)25-16-21(19-8-9-22-23(15-19)30-17-29-22)27-12-10-26(11-13-27)20-6-4-3-5-7-20/h3-9,15,18,21H,10-14,16-17H2,1-2H3,(H,25,28)/p+1/t21-/m1/s1. The molecule has 2 N–H and O–H groups in total. The van der Waals surface area contributed by atoms with Gasteiger partial charge in [0.2, 0.25) is 12.7 Å². The number of hydrogen-bond acceptors (Lipinski definition) is 4. The summed E-state index contributed by atoms with van der Waals surface area (Å²) in [5.74, 6) is 2.08. The van der Waals surface area contributed by atoms with Crippen molar-refractivity contribution in [3.8, 4) is 11.5 Å². The van der Waals surface area contributed by atoms with E-state index >= 15 is 0 Å². The van der Waals surface area contributed by atoms with Gasteiger partial charge in [0, 0.05) is 17.7 Å². The highest BCUT2D eigenvalue weighted by Crippen LogP contribution is 2.33. The maximum absolute atomic E-state index is 12.3. The molecule has 2 aliphatic heterocycles. The molecule has 1 atom stereocenters. The first-order valence-electron chi connectivity index (χ1n) is 10.9. The average Bonchev–Trinajstić information content (AvgIpc) is 3.22. The lowest BCUT2D eigenvalue weighted by molar-refractivity contribution is -0.931. The first-order chi connectivity index (χ1) is 14.6. The van der Waals surface area contributed by atoms with Crippen molar-refractivity contribution >= 4 is 11.6 Å². The fourth-order valence-electron chi connectivity index (χ4n) is 4.33. The number of amides is 1. The fraction of sp³-hybridized carbons (Fsp3) is 0.458. The van der Waals surface area contributed by atoms with Gasteiger partial charge in [0.05, 0.1) is 32.7 Å². The quantitative estimate of drug-likeness (QED) is 0.733. The highest BCUT2D eigenvalue weighted by atomic mass is 16.7. The number of carbonyl (C=O) groups is 1. The molecule has 6 nitrogen and oxygen atoms in total. The molecule has 0 bridgehead atoms. The predicted octanol–water partition coefficient (Wildman–Crippen LogP) is 2.02. The number of ether oxygens (including phenoxy) is 2. The molecule has 0 spiro atoms. The van der Waals surface area contributed by atoms with Crippen molar-refractivity contribution in [1.82, 2.24) is 5.32 Å². The minimum Gasteiger partial charge on any atom is -0.454 e. The van der Waals surface area contributed by atoms with Crippen LogP contribution in [0.4, 0.5) is 5.69 Å². The zero-order valence-electron chi connectivity index (χ0n) is 17.9. The SMILES string of the molecule is CC(C)CC(=O)NC[C@H](c1ccc2c(c1)OCO2)[NH+]1CCN(c2ccccc2)CC1. The van der Waals surface area contributed by atoms with E-state index in [1.807, 2.05) is 6.07 Å². The lowest BCUT2D eigenvalue weighted by Crippen LogP contribution is -3.15. The largest absolute Gasteiger partial charge is 0.454 e. The van der Waals surface area contributed by atoms with E-state index in [0.29, 0.717) is 18.9 Å². The summed E-state index contributed by atoms with van der Waals surface area (Å²) in [5.41, 5.74) is 2.47. The molecule has 1 saturated heterocycles. The van der Waals surface area contributed by atoms with Crippen LogP contribution in [0.15, 0.2) is 48.5 Å². The van der Waals surface area contributed by atoms with Crippen LogP contribution < -0.4 is 24.6 Å². The average molecular weight is 411 g/mol. The Kier molecular flexibility index (Phi) is 6.43. The van der Waals surface area contributed by atoms with Crippen LogP contribution in [0.5, 0.6) is 11.5 Å². The third-order valence-corrected chi connectivity index (χ3v) is 5.92. The highest BCUT2D eigenvalue weighted by molar-refractivity contribution is 5.76. The van der Waals surface area contributed by atoms with E-state index in [9.17, 15) is 4.79 Å². The first-order valence-corrected chi connectivity index (χ1v) is 10.9. The van der Waals surface area contributed by atoms with Crippen LogP contribution in [0.1, 0.15) is 31.9 Å². The zero-order valence-corrected chi connectivity index (χ0v) is 17.9. The van der Waals surface area contributed by atoms with Gasteiger partial charge in [0.15, 0.2) is 11.5 Å². The van der Waals surface area contributed by atoms with Gasteiger partial charge in [0.25, 0.3) is 0 Å². The van der Waals surface area contributed by atoms with E-state index in [4.69, 9.17) is 9.47 Å². The van der Waals surface area contributed by atoms with Gasteiger partial charge < -0.3 is 24.6 Å². The lowest BCUT2D eigenvalue weighted by atomic mass is 10.0. The van der Waals surface area contributed by atoms with Gasteiger partial charge in [-0.25, -0.2) is 0 Å². The first kappa shape index (κ1) is 20.5. The highest BCUT2D eigenvalue weighted by Gasteiger charge is 2.30. The number of piperazine rings is 1. The van der Waals surface area contributed by atoms with Gasteiger partial charge in [-0.2, -0.15) is 0 Å².